The van der Waals surface area contributed by atoms with E-state index in [9.17, 15) is 8.42 Å². The highest BCUT2D eigenvalue weighted by Crippen LogP contribution is 2.09. The molecule has 1 rings (SSSR count). The molecule has 1 atom stereocenters. The van der Waals surface area contributed by atoms with Crippen molar-refractivity contribution in [1.82, 2.24) is 10.0 Å². The van der Waals surface area contributed by atoms with Crippen LogP contribution in [0.15, 0.2) is 24.3 Å². The van der Waals surface area contributed by atoms with E-state index < -0.39 is 10.0 Å². The molecule has 2 N–H and O–H groups in total. The Kier molecular flexibility index (Phi) is 7.15. The zero-order chi connectivity index (χ0) is 15.0. The number of hydrogen-bond acceptors (Lipinski definition) is 4. The Morgan fingerprint density at radius 3 is 2.65 bits per heavy atom. The van der Waals surface area contributed by atoms with Crippen LogP contribution in [0, 0.1) is 5.92 Å². The number of methoxy groups -OCH3 is 1. The number of nitrogens with one attached hydrogen (secondary N) is 2. The van der Waals surface area contributed by atoms with Gasteiger partial charge in [0.1, 0.15) is 0 Å². The second-order valence-electron chi connectivity index (χ2n) is 5.02. The third-order valence-electron chi connectivity index (χ3n) is 2.83. The van der Waals surface area contributed by atoms with Gasteiger partial charge in [0.25, 0.3) is 0 Å². The van der Waals surface area contributed by atoms with Crippen molar-refractivity contribution in [2.75, 3.05) is 27.3 Å². The lowest BCUT2D eigenvalue weighted by molar-refractivity contribution is 0.161. The maximum Gasteiger partial charge on any atom is 0.215 e. The Labute approximate surface area is 121 Å². The van der Waals surface area contributed by atoms with Crippen molar-refractivity contribution >= 4 is 10.0 Å². The molecule has 0 bridgehead atoms. The van der Waals surface area contributed by atoms with Crippen molar-refractivity contribution in [2.45, 2.75) is 19.2 Å². The summed E-state index contributed by atoms with van der Waals surface area (Å²) >= 11 is 0. The molecule has 0 aliphatic heterocycles. The Hall–Kier alpha value is -0.950. The van der Waals surface area contributed by atoms with Gasteiger partial charge >= 0.3 is 0 Å². The van der Waals surface area contributed by atoms with Gasteiger partial charge < -0.3 is 10.1 Å². The summed E-state index contributed by atoms with van der Waals surface area (Å²) in [6, 6.07) is 7.59. The normalized spacial score (nSPS) is 13.3. The quantitative estimate of drug-likeness (QED) is 0.717. The first-order chi connectivity index (χ1) is 9.46. The zero-order valence-corrected chi connectivity index (χ0v) is 13.2. The lowest BCUT2D eigenvalue weighted by Gasteiger charge is -2.12. The van der Waals surface area contributed by atoms with Gasteiger partial charge in [0.05, 0.1) is 5.75 Å². The highest BCUT2D eigenvalue weighted by molar-refractivity contribution is 7.88. The Bertz CT molecular complexity index is 503. The summed E-state index contributed by atoms with van der Waals surface area (Å²) in [5.41, 5.74) is 1.87. The van der Waals surface area contributed by atoms with Crippen LogP contribution in [0.1, 0.15) is 18.1 Å². The van der Waals surface area contributed by atoms with Crippen molar-refractivity contribution in [1.29, 1.82) is 0 Å². The topological polar surface area (TPSA) is 67.4 Å². The molecule has 114 valence electrons. The summed E-state index contributed by atoms with van der Waals surface area (Å²) in [5.74, 6) is 0.162. The fraction of sp³-hybridized carbons (Fsp3) is 0.571. The van der Waals surface area contributed by atoms with Crippen LogP contribution in [0.25, 0.3) is 0 Å². The molecule has 0 amide bonds. The molecule has 1 aromatic rings. The van der Waals surface area contributed by atoms with Gasteiger partial charge in [-0.3, -0.25) is 0 Å². The molecule has 0 radical (unpaired) electrons. The lowest BCUT2D eigenvalue weighted by Crippen LogP contribution is -2.31. The largest absolute Gasteiger partial charge is 0.384 e. The molecule has 6 heteroatoms. The van der Waals surface area contributed by atoms with Crippen LogP contribution in [-0.4, -0.2) is 35.7 Å². The smallest absolute Gasteiger partial charge is 0.215 e. The maximum atomic E-state index is 12.0. The molecule has 0 aliphatic rings. The molecule has 0 fully saturated rings. The minimum absolute atomic E-state index is 0.00422. The SMILES string of the molecule is CNCc1cccc(CS(=O)(=O)NCC(C)COC)c1. The van der Waals surface area contributed by atoms with Gasteiger partial charge in [-0.1, -0.05) is 31.2 Å². The predicted molar refractivity (Wildman–Crippen MR) is 80.9 cm³/mol. The van der Waals surface area contributed by atoms with E-state index in [0.29, 0.717) is 13.2 Å². The van der Waals surface area contributed by atoms with E-state index in [1.807, 2.05) is 38.2 Å². The van der Waals surface area contributed by atoms with Crippen LogP contribution in [0.2, 0.25) is 0 Å². The second-order valence-corrected chi connectivity index (χ2v) is 6.83. The van der Waals surface area contributed by atoms with Crippen molar-refractivity contribution < 1.29 is 13.2 Å². The van der Waals surface area contributed by atoms with Gasteiger partial charge in [-0.25, -0.2) is 13.1 Å². The van der Waals surface area contributed by atoms with Gasteiger partial charge in [-0.05, 0) is 24.1 Å². The van der Waals surface area contributed by atoms with Crippen LogP contribution in [0.5, 0.6) is 0 Å². The third kappa shape index (κ3) is 6.47. The third-order valence-corrected chi connectivity index (χ3v) is 4.15. The van der Waals surface area contributed by atoms with Crippen LogP contribution in [0.4, 0.5) is 0 Å². The highest BCUT2D eigenvalue weighted by Gasteiger charge is 2.13. The monoisotopic (exact) mass is 300 g/mol. The van der Waals surface area contributed by atoms with Gasteiger partial charge in [0.15, 0.2) is 0 Å². The van der Waals surface area contributed by atoms with Crippen molar-refractivity contribution in [3.05, 3.63) is 35.4 Å². The molecule has 5 nitrogen and oxygen atoms in total. The summed E-state index contributed by atoms with van der Waals surface area (Å²) in [6.45, 7) is 3.61. The van der Waals surface area contributed by atoms with E-state index in [-0.39, 0.29) is 11.7 Å². The number of hydrogen-bond donors (Lipinski definition) is 2. The molecule has 0 aliphatic carbocycles. The highest BCUT2D eigenvalue weighted by atomic mass is 32.2. The molecular weight excluding hydrogens is 276 g/mol. The first-order valence-electron chi connectivity index (χ1n) is 6.65. The van der Waals surface area contributed by atoms with Crippen molar-refractivity contribution in [2.24, 2.45) is 5.92 Å². The average Bonchev–Trinajstić information content (AvgIpc) is 2.37. The molecule has 1 unspecified atom stereocenters. The van der Waals surface area contributed by atoms with E-state index in [1.165, 1.54) is 0 Å². The summed E-state index contributed by atoms with van der Waals surface area (Å²) in [6.07, 6.45) is 0. The number of rotatable bonds is 9. The van der Waals surface area contributed by atoms with Gasteiger partial charge in [-0.15, -0.1) is 0 Å². The molecule has 0 saturated carbocycles. The fourth-order valence-corrected chi connectivity index (χ4v) is 3.18. The molecular formula is C14H24N2O3S. The van der Waals surface area contributed by atoms with Crippen LogP contribution < -0.4 is 10.0 Å². The number of ether oxygens (including phenoxy) is 1. The number of sulfonamides is 1. The van der Waals surface area contributed by atoms with Crippen molar-refractivity contribution in [3.8, 4) is 0 Å². The first-order valence-corrected chi connectivity index (χ1v) is 8.30. The molecule has 0 heterocycles. The van der Waals surface area contributed by atoms with E-state index in [4.69, 9.17) is 4.74 Å². The Morgan fingerprint density at radius 2 is 2.00 bits per heavy atom. The predicted octanol–water partition coefficient (Wildman–Crippen LogP) is 1.11. The van der Waals surface area contributed by atoms with Gasteiger partial charge in [-0.2, -0.15) is 0 Å². The number of benzene rings is 1. The maximum absolute atomic E-state index is 12.0. The van der Waals surface area contributed by atoms with Crippen LogP contribution >= 0.6 is 0 Å². The zero-order valence-electron chi connectivity index (χ0n) is 12.3. The van der Waals surface area contributed by atoms with Gasteiger partial charge in [0, 0.05) is 26.8 Å². The van der Waals surface area contributed by atoms with E-state index in [1.54, 1.807) is 7.11 Å². The minimum Gasteiger partial charge on any atom is -0.384 e. The lowest BCUT2D eigenvalue weighted by atomic mass is 10.1. The second kappa shape index (κ2) is 8.36. The Morgan fingerprint density at radius 1 is 1.30 bits per heavy atom. The summed E-state index contributed by atoms with van der Waals surface area (Å²) in [7, 11) is 0.167. The molecule has 20 heavy (non-hydrogen) atoms. The Balaban J connectivity index is 2.59. The van der Waals surface area contributed by atoms with Crippen molar-refractivity contribution in [3.63, 3.8) is 0 Å². The van der Waals surface area contributed by atoms with Crippen LogP contribution in [-0.2, 0) is 27.1 Å². The van der Waals surface area contributed by atoms with E-state index in [2.05, 4.69) is 10.0 Å². The molecule has 1 aromatic carbocycles. The summed E-state index contributed by atoms with van der Waals surface area (Å²) in [5, 5.41) is 3.05. The summed E-state index contributed by atoms with van der Waals surface area (Å²) < 4.78 is 31.6. The minimum atomic E-state index is -3.31. The average molecular weight is 300 g/mol. The standard InChI is InChI=1S/C14H24N2O3S/c1-12(10-19-3)8-16-20(17,18)11-14-6-4-5-13(7-14)9-15-2/h4-7,12,15-16H,8-11H2,1-3H3. The molecule has 0 saturated heterocycles. The first kappa shape index (κ1) is 17.1. The molecule has 0 aromatic heterocycles. The van der Waals surface area contributed by atoms with E-state index >= 15 is 0 Å². The summed E-state index contributed by atoms with van der Waals surface area (Å²) in [4.78, 5) is 0. The van der Waals surface area contributed by atoms with Gasteiger partial charge in [0.2, 0.25) is 10.0 Å². The molecule has 0 spiro atoms. The van der Waals surface area contributed by atoms with E-state index in [0.717, 1.165) is 17.7 Å². The fourth-order valence-electron chi connectivity index (χ4n) is 1.92. The van der Waals surface area contributed by atoms with Crippen LogP contribution in [0.3, 0.4) is 0 Å².